The molecule has 2 unspecified atom stereocenters. The largest absolute Gasteiger partial charge is 0.513 e. The third-order valence-corrected chi connectivity index (χ3v) is 2.09. The van der Waals surface area contributed by atoms with E-state index in [4.69, 9.17) is 4.74 Å². The van der Waals surface area contributed by atoms with Crippen LogP contribution in [0.15, 0.2) is 12.8 Å². The molecule has 1 saturated carbocycles. The first kappa shape index (κ1) is 10.1. The zero-order valence-corrected chi connectivity index (χ0v) is 7.44. The minimum absolute atomic E-state index is 0.416. The molecule has 0 radical (unpaired) electrons. The normalized spacial score (nSPS) is 27.8. The van der Waals surface area contributed by atoms with Crippen LogP contribution in [0, 0.1) is 0 Å². The van der Waals surface area contributed by atoms with Crippen LogP contribution in [-0.4, -0.2) is 23.5 Å². The summed E-state index contributed by atoms with van der Waals surface area (Å²) in [7, 11) is 0. The van der Waals surface area contributed by atoms with E-state index in [0.717, 1.165) is 19.1 Å². The summed E-state index contributed by atoms with van der Waals surface area (Å²) >= 11 is 0. The van der Waals surface area contributed by atoms with Gasteiger partial charge in [-0.15, -0.1) is 0 Å². The molecular formula is C9H14O4. The van der Waals surface area contributed by atoms with Gasteiger partial charge in [-0.2, -0.15) is 0 Å². The monoisotopic (exact) mass is 186 g/mol. The molecule has 74 valence electrons. The number of aliphatic hydroxyl groups is 1. The third-order valence-electron chi connectivity index (χ3n) is 2.09. The van der Waals surface area contributed by atoms with Gasteiger partial charge in [0.05, 0.1) is 12.4 Å². The molecule has 0 amide bonds. The van der Waals surface area contributed by atoms with Gasteiger partial charge < -0.3 is 14.6 Å². The Labute approximate surface area is 77.1 Å². The lowest BCUT2D eigenvalue weighted by atomic mass is 9.95. The van der Waals surface area contributed by atoms with Gasteiger partial charge in [0.15, 0.2) is 0 Å². The standard InChI is InChI=1S/C9H14O4/c1-2-12-9(11)13-8-6-4-3-5-7(8)10/h2,7-8,10H,1,3-6H2. The van der Waals surface area contributed by atoms with Crippen molar-refractivity contribution in [2.24, 2.45) is 0 Å². The molecule has 2 atom stereocenters. The van der Waals surface area contributed by atoms with Gasteiger partial charge in [-0.1, -0.05) is 13.0 Å². The van der Waals surface area contributed by atoms with Gasteiger partial charge in [-0.05, 0) is 19.3 Å². The highest BCUT2D eigenvalue weighted by Crippen LogP contribution is 2.21. The number of carbonyl (C=O) groups excluding carboxylic acids is 1. The Kier molecular flexibility index (Phi) is 3.76. The molecule has 1 aliphatic carbocycles. The molecule has 0 aromatic carbocycles. The zero-order valence-electron chi connectivity index (χ0n) is 7.44. The molecular weight excluding hydrogens is 172 g/mol. The van der Waals surface area contributed by atoms with E-state index in [2.05, 4.69) is 11.3 Å². The van der Waals surface area contributed by atoms with Gasteiger partial charge in [-0.25, -0.2) is 4.79 Å². The van der Waals surface area contributed by atoms with Crippen LogP contribution in [0.1, 0.15) is 25.7 Å². The Morgan fingerprint density at radius 3 is 2.77 bits per heavy atom. The van der Waals surface area contributed by atoms with Crippen molar-refractivity contribution < 1.29 is 19.4 Å². The van der Waals surface area contributed by atoms with Crippen LogP contribution in [0.3, 0.4) is 0 Å². The molecule has 1 rings (SSSR count). The van der Waals surface area contributed by atoms with E-state index in [1.165, 1.54) is 0 Å². The van der Waals surface area contributed by atoms with Gasteiger partial charge in [0, 0.05) is 0 Å². The number of carbonyl (C=O) groups is 1. The van der Waals surface area contributed by atoms with Crippen molar-refractivity contribution in [1.29, 1.82) is 0 Å². The first-order valence-corrected chi connectivity index (χ1v) is 4.40. The molecule has 1 N–H and O–H groups in total. The van der Waals surface area contributed by atoms with Crippen LogP contribution in [0.5, 0.6) is 0 Å². The smallest absolute Gasteiger partial charge is 0.428 e. The molecule has 4 nitrogen and oxygen atoms in total. The maximum Gasteiger partial charge on any atom is 0.513 e. The van der Waals surface area contributed by atoms with Crippen LogP contribution >= 0.6 is 0 Å². The maximum atomic E-state index is 10.8. The van der Waals surface area contributed by atoms with Gasteiger partial charge in [0.1, 0.15) is 6.10 Å². The fourth-order valence-electron chi connectivity index (χ4n) is 1.43. The SMILES string of the molecule is C=COC(=O)OC1CCCCC1O. The predicted molar refractivity (Wildman–Crippen MR) is 46.0 cm³/mol. The van der Waals surface area contributed by atoms with E-state index < -0.39 is 18.4 Å². The quantitative estimate of drug-likeness (QED) is 0.525. The summed E-state index contributed by atoms with van der Waals surface area (Å²) in [5.74, 6) is 0. The van der Waals surface area contributed by atoms with Crippen molar-refractivity contribution in [3.63, 3.8) is 0 Å². The van der Waals surface area contributed by atoms with E-state index >= 15 is 0 Å². The summed E-state index contributed by atoms with van der Waals surface area (Å²) in [4.78, 5) is 10.8. The fraction of sp³-hybridized carbons (Fsp3) is 0.667. The second kappa shape index (κ2) is 4.87. The van der Waals surface area contributed by atoms with E-state index in [-0.39, 0.29) is 0 Å². The molecule has 13 heavy (non-hydrogen) atoms. The summed E-state index contributed by atoms with van der Waals surface area (Å²) in [6.07, 6.45) is 2.60. The highest BCUT2D eigenvalue weighted by Gasteiger charge is 2.26. The topological polar surface area (TPSA) is 55.8 Å². The summed E-state index contributed by atoms with van der Waals surface area (Å²) in [6.45, 7) is 3.23. The van der Waals surface area contributed by atoms with Crippen molar-refractivity contribution in [1.82, 2.24) is 0 Å². The first-order chi connectivity index (χ1) is 6.24. The van der Waals surface area contributed by atoms with E-state index in [1.54, 1.807) is 0 Å². The van der Waals surface area contributed by atoms with Gasteiger partial charge in [0.2, 0.25) is 0 Å². The van der Waals surface area contributed by atoms with Crippen LogP contribution in [0.4, 0.5) is 4.79 Å². The Morgan fingerprint density at radius 2 is 2.15 bits per heavy atom. The highest BCUT2D eigenvalue weighted by molar-refractivity contribution is 5.60. The van der Waals surface area contributed by atoms with E-state index in [9.17, 15) is 9.90 Å². The molecule has 1 fully saturated rings. The van der Waals surface area contributed by atoms with E-state index in [0.29, 0.717) is 12.8 Å². The molecule has 0 saturated heterocycles. The first-order valence-electron chi connectivity index (χ1n) is 4.40. The number of hydrogen-bond acceptors (Lipinski definition) is 4. The molecule has 0 heterocycles. The Hall–Kier alpha value is -1.03. The lowest BCUT2D eigenvalue weighted by Crippen LogP contribution is -2.33. The summed E-state index contributed by atoms with van der Waals surface area (Å²) in [5.41, 5.74) is 0. The summed E-state index contributed by atoms with van der Waals surface area (Å²) < 4.78 is 9.25. The highest BCUT2D eigenvalue weighted by atomic mass is 16.7. The van der Waals surface area contributed by atoms with Crippen molar-refractivity contribution in [2.45, 2.75) is 37.9 Å². The molecule has 4 heteroatoms. The fourth-order valence-corrected chi connectivity index (χ4v) is 1.43. The van der Waals surface area contributed by atoms with Gasteiger partial charge in [0.25, 0.3) is 0 Å². The Bertz CT molecular complexity index is 190. The Morgan fingerprint density at radius 1 is 1.46 bits per heavy atom. The number of hydrogen-bond donors (Lipinski definition) is 1. The lowest BCUT2D eigenvalue weighted by molar-refractivity contribution is -0.0402. The number of rotatable bonds is 2. The lowest BCUT2D eigenvalue weighted by Gasteiger charge is -2.26. The van der Waals surface area contributed by atoms with Crippen molar-refractivity contribution in [2.75, 3.05) is 0 Å². The Balaban J connectivity index is 2.33. The van der Waals surface area contributed by atoms with E-state index in [1.807, 2.05) is 0 Å². The van der Waals surface area contributed by atoms with Crippen LogP contribution in [0.2, 0.25) is 0 Å². The average molecular weight is 186 g/mol. The number of aliphatic hydroxyl groups excluding tert-OH is 1. The average Bonchev–Trinajstić information content (AvgIpc) is 2.09. The maximum absolute atomic E-state index is 10.8. The van der Waals surface area contributed by atoms with Crippen LogP contribution in [0.25, 0.3) is 0 Å². The third kappa shape index (κ3) is 3.06. The second-order valence-corrected chi connectivity index (χ2v) is 3.04. The molecule has 0 bridgehead atoms. The number of ether oxygens (including phenoxy) is 2. The minimum atomic E-state index is -0.791. The molecule has 0 spiro atoms. The predicted octanol–water partition coefficient (Wildman–Crippen LogP) is 1.59. The van der Waals surface area contributed by atoms with Gasteiger partial charge >= 0.3 is 6.16 Å². The van der Waals surface area contributed by atoms with Crippen LogP contribution < -0.4 is 0 Å². The summed E-state index contributed by atoms with van der Waals surface area (Å²) in [5, 5.41) is 9.43. The summed E-state index contributed by atoms with van der Waals surface area (Å²) in [6, 6.07) is 0. The molecule has 0 aromatic heterocycles. The van der Waals surface area contributed by atoms with Gasteiger partial charge in [-0.3, -0.25) is 0 Å². The van der Waals surface area contributed by atoms with Crippen molar-refractivity contribution >= 4 is 6.16 Å². The minimum Gasteiger partial charge on any atom is -0.428 e. The van der Waals surface area contributed by atoms with Crippen LogP contribution in [-0.2, 0) is 9.47 Å². The molecule has 0 aliphatic heterocycles. The zero-order chi connectivity index (χ0) is 9.68. The van der Waals surface area contributed by atoms with Crippen molar-refractivity contribution in [3.8, 4) is 0 Å². The molecule has 0 aromatic rings. The second-order valence-electron chi connectivity index (χ2n) is 3.04. The molecule has 1 aliphatic rings. The van der Waals surface area contributed by atoms with Crippen molar-refractivity contribution in [3.05, 3.63) is 12.8 Å².